The van der Waals surface area contributed by atoms with Crippen LogP contribution in [-0.4, -0.2) is 35.4 Å². The molecule has 15 heavy (non-hydrogen) atoms. The summed E-state index contributed by atoms with van der Waals surface area (Å²) in [6.45, 7) is 0.937. The smallest absolute Gasteiger partial charge is 0.238 e. The minimum Gasteiger partial charge on any atom is -0.480 e. The number of hydrogen-bond acceptors (Lipinski definition) is 5. The van der Waals surface area contributed by atoms with Crippen LogP contribution in [0.3, 0.4) is 0 Å². The Balaban J connectivity index is 2.34. The third-order valence-corrected chi connectivity index (χ3v) is 2.52. The predicted molar refractivity (Wildman–Crippen MR) is 52.5 cm³/mol. The van der Waals surface area contributed by atoms with Crippen LogP contribution in [0.2, 0.25) is 0 Å². The standard InChI is InChI=1S/C10H14N2O3/c1-14-9-8(11-4-5-12-9)10(13)3-2-6-15-7-10/h4-5,13H,2-3,6-7H2,1H3. The number of aromatic nitrogens is 2. The van der Waals surface area contributed by atoms with E-state index < -0.39 is 5.60 Å². The zero-order valence-electron chi connectivity index (χ0n) is 8.64. The van der Waals surface area contributed by atoms with Gasteiger partial charge in [-0.05, 0) is 12.8 Å². The van der Waals surface area contributed by atoms with Crippen molar-refractivity contribution in [2.24, 2.45) is 0 Å². The van der Waals surface area contributed by atoms with E-state index in [4.69, 9.17) is 9.47 Å². The van der Waals surface area contributed by atoms with Gasteiger partial charge in [0.05, 0.1) is 13.7 Å². The molecular formula is C10H14N2O3. The first-order valence-corrected chi connectivity index (χ1v) is 4.92. The molecule has 82 valence electrons. The average Bonchev–Trinajstić information content (AvgIpc) is 2.30. The zero-order chi connectivity index (χ0) is 10.7. The van der Waals surface area contributed by atoms with Crippen molar-refractivity contribution in [3.05, 3.63) is 18.1 Å². The van der Waals surface area contributed by atoms with Gasteiger partial charge < -0.3 is 14.6 Å². The van der Waals surface area contributed by atoms with Crippen molar-refractivity contribution in [2.75, 3.05) is 20.3 Å². The Morgan fingerprint density at radius 3 is 2.93 bits per heavy atom. The molecular weight excluding hydrogens is 196 g/mol. The molecule has 1 unspecified atom stereocenters. The molecule has 2 heterocycles. The third-order valence-electron chi connectivity index (χ3n) is 2.52. The van der Waals surface area contributed by atoms with Crippen LogP contribution in [0.4, 0.5) is 0 Å². The highest BCUT2D eigenvalue weighted by molar-refractivity contribution is 5.24. The monoisotopic (exact) mass is 210 g/mol. The molecule has 0 aromatic carbocycles. The fraction of sp³-hybridized carbons (Fsp3) is 0.600. The predicted octanol–water partition coefficient (Wildman–Crippen LogP) is 0.483. The lowest BCUT2D eigenvalue weighted by Crippen LogP contribution is -2.37. The van der Waals surface area contributed by atoms with Crippen LogP contribution in [0.5, 0.6) is 5.88 Å². The lowest BCUT2D eigenvalue weighted by atomic mass is 9.93. The molecule has 1 aliphatic heterocycles. The number of ether oxygens (including phenoxy) is 2. The van der Waals surface area contributed by atoms with E-state index in [1.54, 1.807) is 6.20 Å². The van der Waals surface area contributed by atoms with E-state index in [2.05, 4.69) is 9.97 Å². The first kappa shape index (κ1) is 10.3. The summed E-state index contributed by atoms with van der Waals surface area (Å²) in [6, 6.07) is 0. The van der Waals surface area contributed by atoms with Crippen LogP contribution < -0.4 is 4.74 Å². The molecule has 1 fully saturated rings. The summed E-state index contributed by atoms with van der Waals surface area (Å²) in [6.07, 6.45) is 4.53. The van der Waals surface area contributed by atoms with Crippen LogP contribution in [-0.2, 0) is 10.3 Å². The molecule has 0 aliphatic carbocycles. The van der Waals surface area contributed by atoms with Crippen molar-refractivity contribution >= 4 is 0 Å². The number of methoxy groups -OCH3 is 1. The molecule has 1 aromatic rings. The molecule has 2 rings (SSSR count). The fourth-order valence-electron chi connectivity index (χ4n) is 1.76. The van der Waals surface area contributed by atoms with E-state index in [1.165, 1.54) is 13.3 Å². The number of nitrogens with zero attached hydrogens (tertiary/aromatic N) is 2. The molecule has 1 aliphatic rings. The van der Waals surface area contributed by atoms with Gasteiger partial charge in [0.15, 0.2) is 0 Å². The van der Waals surface area contributed by atoms with Crippen LogP contribution in [0.1, 0.15) is 18.5 Å². The summed E-state index contributed by atoms with van der Waals surface area (Å²) in [5, 5.41) is 10.3. The van der Waals surface area contributed by atoms with Crippen LogP contribution in [0.25, 0.3) is 0 Å². The lowest BCUT2D eigenvalue weighted by Gasteiger charge is -2.31. The van der Waals surface area contributed by atoms with E-state index >= 15 is 0 Å². The van der Waals surface area contributed by atoms with Gasteiger partial charge in [-0.15, -0.1) is 0 Å². The maximum Gasteiger partial charge on any atom is 0.238 e. The topological polar surface area (TPSA) is 64.5 Å². The van der Waals surface area contributed by atoms with Crippen LogP contribution in [0, 0.1) is 0 Å². The average molecular weight is 210 g/mol. The SMILES string of the molecule is COc1nccnc1C1(O)CCCOC1. The first-order chi connectivity index (χ1) is 7.26. The Hall–Kier alpha value is -1.20. The molecule has 5 heteroatoms. The molecule has 0 radical (unpaired) electrons. The molecule has 0 saturated carbocycles. The van der Waals surface area contributed by atoms with Gasteiger partial charge in [-0.1, -0.05) is 0 Å². The molecule has 0 amide bonds. The summed E-state index contributed by atoms with van der Waals surface area (Å²) < 4.78 is 10.3. The highest BCUT2D eigenvalue weighted by atomic mass is 16.5. The first-order valence-electron chi connectivity index (χ1n) is 4.92. The van der Waals surface area contributed by atoms with E-state index in [0.717, 1.165) is 6.42 Å². The van der Waals surface area contributed by atoms with Crippen molar-refractivity contribution < 1.29 is 14.6 Å². The van der Waals surface area contributed by atoms with Gasteiger partial charge >= 0.3 is 0 Å². The van der Waals surface area contributed by atoms with Gasteiger partial charge in [-0.3, -0.25) is 4.98 Å². The van der Waals surface area contributed by atoms with Crippen molar-refractivity contribution in [2.45, 2.75) is 18.4 Å². The molecule has 1 N–H and O–H groups in total. The molecule has 1 saturated heterocycles. The van der Waals surface area contributed by atoms with Crippen LogP contribution in [0.15, 0.2) is 12.4 Å². The molecule has 0 bridgehead atoms. The van der Waals surface area contributed by atoms with Gasteiger partial charge in [-0.25, -0.2) is 4.98 Å². The maximum absolute atomic E-state index is 10.3. The summed E-state index contributed by atoms with van der Waals surface area (Å²) in [4.78, 5) is 8.14. The van der Waals surface area contributed by atoms with Crippen molar-refractivity contribution in [1.29, 1.82) is 0 Å². The molecule has 1 atom stereocenters. The number of hydrogen-bond donors (Lipinski definition) is 1. The van der Waals surface area contributed by atoms with Gasteiger partial charge in [0, 0.05) is 19.0 Å². The summed E-state index contributed by atoms with van der Waals surface area (Å²) >= 11 is 0. The van der Waals surface area contributed by atoms with Gasteiger partial charge in [0.1, 0.15) is 11.3 Å². The van der Waals surface area contributed by atoms with Crippen molar-refractivity contribution in [1.82, 2.24) is 9.97 Å². The van der Waals surface area contributed by atoms with Crippen molar-refractivity contribution in [3.63, 3.8) is 0 Å². The van der Waals surface area contributed by atoms with Gasteiger partial charge in [-0.2, -0.15) is 0 Å². The zero-order valence-corrected chi connectivity index (χ0v) is 8.64. The third kappa shape index (κ3) is 1.93. The highest BCUT2D eigenvalue weighted by Gasteiger charge is 2.36. The minimum atomic E-state index is -1.06. The molecule has 0 spiro atoms. The summed E-state index contributed by atoms with van der Waals surface area (Å²) in [5.41, 5.74) is -0.593. The van der Waals surface area contributed by atoms with E-state index in [9.17, 15) is 5.11 Å². The fourth-order valence-corrected chi connectivity index (χ4v) is 1.76. The second-order valence-electron chi connectivity index (χ2n) is 3.60. The summed E-state index contributed by atoms with van der Waals surface area (Å²) in [5.74, 6) is 0.366. The van der Waals surface area contributed by atoms with E-state index in [-0.39, 0.29) is 6.61 Å². The minimum absolute atomic E-state index is 0.252. The van der Waals surface area contributed by atoms with E-state index in [1.807, 2.05) is 0 Å². The Morgan fingerprint density at radius 2 is 2.27 bits per heavy atom. The van der Waals surface area contributed by atoms with Crippen LogP contribution >= 0.6 is 0 Å². The van der Waals surface area contributed by atoms with Gasteiger partial charge in [0.25, 0.3) is 0 Å². The number of rotatable bonds is 2. The van der Waals surface area contributed by atoms with E-state index in [0.29, 0.717) is 24.6 Å². The Morgan fingerprint density at radius 1 is 1.47 bits per heavy atom. The Bertz CT molecular complexity index is 337. The largest absolute Gasteiger partial charge is 0.480 e. The Labute approximate surface area is 88.1 Å². The molecule has 1 aromatic heterocycles. The lowest BCUT2D eigenvalue weighted by molar-refractivity contribution is -0.0941. The second kappa shape index (κ2) is 4.12. The van der Waals surface area contributed by atoms with Crippen molar-refractivity contribution in [3.8, 4) is 5.88 Å². The normalized spacial score (nSPS) is 26.3. The summed E-state index contributed by atoms with van der Waals surface area (Å²) in [7, 11) is 1.51. The highest BCUT2D eigenvalue weighted by Crippen LogP contribution is 2.32. The number of aliphatic hydroxyl groups is 1. The molecule has 5 nitrogen and oxygen atoms in total. The Kier molecular flexibility index (Phi) is 2.83. The quantitative estimate of drug-likeness (QED) is 0.769. The van der Waals surface area contributed by atoms with Gasteiger partial charge in [0.2, 0.25) is 5.88 Å². The maximum atomic E-state index is 10.3. The second-order valence-corrected chi connectivity index (χ2v) is 3.60.